The van der Waals surface area contributed by atoms with Crippen LogP contribution < -0.4 is 4.90 Å². The van der Waals surface area contributed by atoms with Crippen LogP contribution in [0, 0.1) is 0 Å². The van der Waals surface area contributed by atoms with Crippen molar-refractivity contribution in [3.05, 3.63) is 72.3 Å². The molecule has 0 aliphatic carbocycles. The number of amides is 1. The first-order chi connectivity index (χ1) is 9.75. The lowest BCUT2D eigenvalue weighted by atomic mass is 10.0. The Labute approximate surface area is 119 Å². The summed E-state index contributed by atoms with van der Waals surface area (Å²) in [7, 11) is 0. The third kappa shape index (κ3) is 2.37. The van der Waals surface area contributed by atoms with Gasteiger partial charge in [0.25, 0.3) is 0 Å². The Morgan fingerprint density at radius 3 is 2.45 bits per heavy atom. The molecule has 0 aromatic heterocycles. The van der Waals surface area contributed by atoms with Crippen molar-refractivity contribution in [3.63, 3.8) is 0 Å². The van der Waals surface area contributed by atoms with Crippen LogP contribution in [0.25, 0.3) is 5.57 Å². The van der Waals surface area contributed by atoms with E-state index in [0.717, 1.165) is 28.8 Å². The van der Waals surface area contributed by atoms with E-state index in [1.54, 1.807) is 0 Å². The van der Waals surface area contributed by atoms with Crippen molar-refractivity contribution in [3.8, 4) is 0 Å². The number of anilines is 1. The topological polar surface area (TPSA) is 20.3 Å². The Morgan fingerprint density at radius 1 is 0.950 bits per heavy atom. The smallest absolute Gasteiger partial charge is 0.227 e. The Kier molecular flexibility index (Phi) is 3.38. The second-order valence-electron chi connectivity index (χ2n) is 5.09. The van der Waals surface area contributed by atoms with E-state index in [0.29, 0.717) is 13.0 Å². The third-order valence-electron chi connectivity index (χ3n) is 3.70. The van der Waals surface area contributed by atoms with Crippen LogP contribution in [0.15, 0.2) is 61.2 Å². The molecule has 0 atom stereocenters. The average molecular weight is 263 g/mol. The van der Waals surface area contributed by atoms with Gasteiger partial charge in [0.2, 0.25) is 5.91 Å². The molecule has 0 saturated heterocycles. The SMILES string of the molecule is C=C1CCC(=O)N(Cc2ccccc2)c2ccccc21. The van der Waals surface area contributed by atoms with Gasteiger partial charge >= 0.3 is 0 Å². The number of nitrogens with zero attached hydrogens (tertiary/aromatic N) is 1. The van der Waals surface area contributed by atoms with E-state index >= 15 is 0 Å². The maximum atomic E-state index is 12.4. The van der Waals surface area contributed by atoms with E-state index in [1.165, 1.54) is 0 Å². The van der Waals surface area contributed by atoms with Gasteiger partial charge in [0, 0.05) is 12.0 Å². The van der Waals surface area contributed by atoms with Gasteiger partial charge in [0.15, 0.2) is 0 Å². The zero-order valence-corrected chi connectivity index (χ0v) is 11.4. The second kappa shape index (κ2) is 5.33. The highest BCUT2D eigenvalue weighted by Crippen LogP contribution is 2.33. The molecule has 0 bridgehead atoms. The van der Waals surface area contributed by atoms with Crippen LogP contribution in [-0.4, -0.2) is 5.91 Å². The summed E-state index contributed by atoms with van der Waals surface area (Å²) < 4.78 is 0. The minimum Gasteiger partial charge on any atom is -0.307 e. The van der Waals surface area contributed by atoms with Crippen LogP contribution in [0.1, 0.15) is 24.0 Å². The molecule has 2 heteroatoms. The number of benzene rings is 2. The Bertz CT molecular complexity index is 645. The molecule has 0 fully saturated rings. The molecule has 20 heavy (non-hydrogen) atoms. The highest BCUT2D eigenvalue weighted by Gasteiger charge is 2.23. The highest BCUT2D eigenvalue weighted by molar-refractivity contribution is 5.99. The van der Waals surface area contributed by atoms with Crippen molar-refractivity contribution < 1.29 is 4.79 Å². The minimum absolute atomic E-state index is 0.167. The summed E-state index contributed by atoms with van der Waals surface area (Å²) >= 11 is 0. The van der Waals surface area contributed by atoms with Gasteiger partial charge in [-0.05, 0) is 23.6 Å². The summed E-state index contributed by atoms with van der Waals surface area (Å²) in [6.07, 6.45) is 1.27. The number of fused-ring (bicyclic) bond motifs is 1. The van der Waals surface area contributed by atoms with E-state index in [1.807, 2.05) is 47.4 Å². The van der Waals surface area contributed by atoms with Crippen LogP contribution in [0.2, 0.25) is 0 Å². The first kappa shape index (κ1) is 12.7. The summed E-state index contributed by atoms with van der Waals surface area (Å²) in [5.41, 5.74) is 4.26. The number of allylic oxidation sites excluding steroid dienone is 1. The zero-order valence-electron chi connectivity index (χ0n) is 11.4. The molecule has 100 valence electrons. The maximum Gasteiger partial charge on any atom is 0.227 e. The number of carbonyl (C=O) groups is 1. The molecule has 1 aliphatic rings. The minimum atomic E-state index is 0.167. The molecule has 0 radical (unpaired) electrons. The first-order valence-corrected chi connectivity index (χ1v) is 6.87. The summed E-state index contributed by atoms with van der Waals surface area (Å²) in [5, 5.41) is 0. The Morgan fingerprint density at radius 2 is 1.65 bits per heavy atom. The molecule has 3 rings (SSSR count). The molecule has 2 aromatic rings. The molecule has 1 aliphatic heterocycles. The zero-order chi connectivity index (χ0) is 13.9. The molecule has 0 unspecified atom stereocenters. The normalized spacial score (nSPS) is 14.9. The van der Waals surface area contributed by atoms with Crippen LogP contribution in [-0.2, 0) is 11.3 Å². The standard InChI is InChI=1S/C18H17NO/c1-14-11-12-18(20)19(13-15-7-3-2-4-8-15)17-10-6-5-9-16(14)17/h2-10H,1,11-13H2. The van der Waals surface area contributed by atoms with Crippen molar-refractivity contribution in [2.24, 2.45) is 0 Å². The van der Waals surface area contributed by atoms with E-state index in [2.05, 4.69) is 18.7 Å². The number of para-hydroxylation sites is 1. The van der Waals surface area contributed by atoms with Crippen molar-refractivity contribution >= 4 is 17.2 Å². The van der Waals surface area contributed by atoms with Crippen molar-refractivity contribution in [1.29, 1.82) is 0 Å². The van der Waals surface area contributed by atoms with Gasteiger partial charge in [-0.3, -0.25) is 4.79 Å². The average Bonchev–Trinajstić information content (AvgIpc) is 2.61. The molecule has 1 heterocycles. The van der Waals surface area contributed by atoms with Gasteiger partial charge < -0.3 is 4.90 Å². The van der Waals surface area contributed by atoms with Crippen molar-refractivity contribution in [1.82, 2.24) is 0 Å². The number of hydrogen-bond donors (Lipinski definition) is 0. The van der Waals surface area contributed by atoms with Crippen LogP contribution in [0.4, 0.5) is 5.69 Å². The molecule has 2 aromatic carbocycles. The highest BCUT2D eigenvalue weighted by atomic mass is 16.2. The van der Waals surface area contributed by atoms with Gasteiger partial charge in [-0.1, -0.05) is 55.1 Å². The van der Waals surface area contributed by atoms with Gasteiger partial charge in [-0.2, -0.15) is 0 Å². The summed E-state index contributed by atoms with van der Waals surface area (Å²) in [4.78, 5) is 14.3. The molecule has 0 N–H and O–H groups in total. The molecule has 0 saturated carbocycles. The van der Waals surface area contributed by atoms with E-state index in [-0.39, 0.29) is 5.91 Å². The fourth-order valence-electron chi connectivity index (χ4n) is 2.61. The van der Waals surface area contributed by atoms with E-state index in [4.69, 9.17) is 0 Å². The molecule has 1 amide bonds. The number of carbonyl (C=O) groups excluding carboxylic acids is 1. The lowest BCUT2D eigenvalue weighted by Crippen LogP contribution is -2.29. The monoisotopic (exact) mass is 263 g/mol. The fraction of sp³-hybridized carbons (Fsp3) is 0.167. The third-order valence-corrected chi connectivity index (χ3v) is 3.70. The predicted molar refractivity (Wildman–Crippen MR) is 82.3 cm³/mol. The largest absolute Gasteiger partial charge is 0.307 e. The lowest BCUT2D eigenvalue weighted by Gasteiger charge is -2.23. The number of hydrogen-bond acceptors (Lipinski definition) is 1. The van der Waals surface area contributed by atoms with Gasteiger partial charge in [-0.15, -0.1) is 0 Å². The van der Waals surface area contributed by atoms with Gasteiger partial charge in [0.05, 0.1) is 12.2 Å². The second-order valence-corrected chi connectivity index (χ2v) is 5.09. The Hall–Kier alpha value is -2.35. The first-order valence-electron chi connectivity index (χ1n) is 6.87. The maximum absolute atomic E-state index is 12.4. The lowest BCUT2D eigenvalue weighted by molar-refractivity contribution is -0.118. The Balaban J connectivity index is 2.01. The van der Waals surface area contributed by atoms with Crippen LogP contribution in [0.5, 0.6) is 0 Å². The molecular formula is C18H17NO. The molecule has 2 nitrogen and oxygen atoms in total. The quantitative estimate of drug-likeness (QED) is 0.801. The van der Waals surface area contributed by atoms with Crippen LogP contribution in [0.3, 0.4) is 0 Å². The fourth-order valence-corrected chi connectivity index (χ4v) is 2.61. The molecular weight excluding hydrogens is 246 g/mol. The van der Waals surface area contributed by atoms with Crippen molar-refractivity contribution in [2.75, 3.05) is 4.90 Å². The van der Waals surface area contributed by atoms with E-state index < -0.39 is 0 Å². The van der Waals surface area contributed by atoms with Crippen LogP contribution >= 0.6 is 0 Å². The summed E-state index contributed by atoms with van der Waals surface area (Å²) in [5.74, 6) is 0.167. The van der Waals surface area contributed by atoms with E-state index in [9.17, 15) is 4.79 Å². The van der Waals surface area contributed by atoms with Gasteiger partial charge in [-0.25, -0.2) is 0 Å². The summed E-state index contributed by atoms with van der Waals surface area (Å²) in [6.45, 7) is 4.73. The number of rotatable bonds is 2. The van der Waals surface area contributed by atoms with Gasteiger partial charge in [0.1, 0.15) is 0 Å². The predicted octanol–water partition coefficient (Wildman–Crippen LogP) is 4.03. The molecule has 0 spiro atoms. The summed E-state index contributed by atoms with van der Waals surface area (Å²) in [6, 6.07) is 18.1. The van der Waals surface area contributed by atoms with Crippen molar-refractivity contribution in [2.45, 2.75) is 19.4 Å².